The highest BCUT2D eigenvalue weighted by atomic mass is 35.5. The first-order valence-corrected chi connectivity index (χ1v) is 12.8. The van der Waals surface area contributed by atoms with Crippen LogP contribution in [0.3, 0.4) is 0 Å². The number of hydrogen-bond donors (Lipinski definition) is 5. The molecule has 0 bridgehead atoms. The predicted molar refractivity (Wildman–Crippen MR) is 146 cm³/mol. The van der Waals surface area contributed by atoms with Crippen LogP contribution >= 0.6 is 11.6 Å². The number of ether oxygens (including phenoxy) is 1. The Labute approximate surface area is 224 Å². The maximum absolute atomic E-state index is 13.0. The molecule has 3 heterocycles. The number of piperazine rings is 1. The fourth-order valence-electron chi connectivity index (χ4n) is 4.32. The summed E-state index contributed by atoms with van der Waals surface area (Å²) < 4.78 is 5.95. The van der Waals surface area contributed by atoms with Gasteiger partial charge in [0, 0.05) is 38.8 Å². The van der Waals surface area contributed by atoms with E-state index in [-0.39, 0.29) is 17.3 Å². The van der Waals surface area contributed by atoms with Crippen LogP contribution < -0.4 is 20.7 Å². The molecule has 2 aromatic heterocycles. The second-order valence-electron chi connectivity index (χ2n) is 9.03. The first-order chi connectivity index (χ1) is 18.5. The van der Waals surface area contributed by atoms with Crippen LogP contribution in [0.4, 0.5) is 11.6 Å². The normalized spacial score (nSPS) is 13.9. The summed E-state index contributed by atoms with van der Waals surface area (Å²) in [5.74, 6) is -0.205. The molecule has 0 atom stereocenters. The van der Waals surface area contributed by atoms with Gasteiger partial charge in [-0.2, -0.15) is 0 Å². The molecule has 4 aromatic rings. The van der Waals surface area contributed by atoms with E-state index in [2.05, 4.69) is 40.8 Å². The number of carbonyl (C=O) groups excluding carboxylic acids is 2. The van der Waals surface area contributed by atoms with Crippen LogP contribution in [-0.4, -0.2) is 76.0 Å². The van der Waals surface area contributed by atoms with E-state index in [4.69, 9.17) is 16.3 Å². The lowest BCUT2D eigenvalue weighted by Gasteiger charge is -2.27. The molecule has 11 nitrogen and oxygen atoms in total. The van der Waals surface area contributed by atoms with E-state index in [1.54, 1.807) is 12.1 Å². The third-order valence-electron chi connectivity index (χ3n) is 6.30. The zero-order valence-corrected chi connectivity index (χ0v) is 21.7. The summed E-state index contributed by atoms with van der Waals surface area (Å²) in [5, 5.41) is 9.08. The number of para-hydroxylation sites is 2. The van der Waals surface area contributed by atoms with Crippen molar-refractivity contribution in [2.75, 3.05) is 50.0 Å². The maximum Gasteiger partial charge on any atom is 0.276 e. The first-order valence-electron chi connectivity index (χ1n) is 12.4. The van der Waals surface area contributed by atoms with Gasteiger partial charge in [-0.1, -0.05) is 23.7 Å². The lowest BCUT2D eigenvalue weighted by molar-refractivity contribution is 0.0985. The van der Waals surface area contributed by atoms with Crippen LogP contribution in [0.15, 0.2) is 42.7 Å². The van der Waals surface area contributed by atoms with Crippen molar-refractivity contribution in [3.8, 4) is 5.75 Å². The van der Waals surface area contributed by atoms with Gasteiger partial charge in [0.1, 0.15) is 11.4 Å². The van der Waals surface area contributed by atoms with E-state index < -0.39 is 11.8 Å². The summed E-state index contributed by atoms with van der Waals surface area (Å²) in [6.07, 6.45) is 2.19. The second-order valence-corrected chi connectivity index (χ2v) is 9.44. The number of rotatable bonds is 9. The molecule has 0 saturated carbocycles. The lowest BCUT2D eigenvalue weighted by Crippen LogP contribution is -2.43. The van der Waals surface area contributed by atoms with Gasteiger partial charge in [-0.25, -0.2) is 9.97 Å². The molecular formula is C26H29ClN8O3. The summed E-state index contributed by atoms with van der Waals surface area (Å²) >= 11 is 6.46. The minimum absolute atomic E-state index is 0.000223. The summed E-state index contributed by atoms with van der Waals surface area (Å²) in [7, 11) is 0. The van der Waals surface area contributed by atoms with Crippen molar-refractivity contribution < 1.29 is 14.3 Å². The average Bonchev–Trinajstić information content (AvgIpc) is 3.57. The Kier molecular flexibility index (Phi) is 7.87. The largest absolute Gasteiger partial charge is 0.493 e. The third-order valence-corrected chi connectivity index (χ3v) is 6.61. The SMILES string of the molecule is Cc1cc(NC(=O)c2nc[nH]c2C(=O)Nc2nc3ccccc3[nH]2)c(Cl)cc1OCCCN1CCNCC1. The van der Waals surface area contributed by atoms with Crippen molar-refractivity contribution in [1.82, 2.24) is 30.2 Å². The molecule has 5 N–H and O–H groups in total. The first kappa shape index (κ1) is 25.7. The van der Waals surface area contributed by atoms with E-state index in [1.807, 2.05) is 31.2 Å². The van der Waals surface area contributed by atoms with Crippen molar-refractivity contribution in [3.63, 3.8) is 0 Å². The van der Waals surface area contributed by atoms with Gasteiger partial charge in [0.05, 0.1) is 34.7 Å². The van der Waals surface area contributed by atoms with Crippen molar-refractivity contribution in [1.29, 1.82) is 0 Å². The number of H-pyrrole nitrogens is 2. The topological polar surface area (TPSA) is 140 Å². The van der Waals surface area contributed by atoms with Crippen LogP contribution in [0.5, 0.6) is 5.75 Å². The van der Waals surface area contributed by atoms with E-state index in [0.717, 1.165) is 50.2 Å². The molecule has 0 aliphatic carbocycles. The van der Waals surface area contributed by atoms with Gasteiger partial charge in [-0.05, 0) is 37.1 Å². The van der Waals surface area contributed by atoms with Gasteiger partial charge < -0.3 is 30.2 Å². The zero-order chi connectivity index (χ0) is 26.5. The number of nitrogens with zero attached hydrogens (tertiary/aromatic N) is 3. The van der Waals surface area contributed by atoms with Crippen molar-refractivity contribution in [2.45, 2.75) is 13.3 Å². The number of aromatic amines is 2. The van der Waals surface area contributed by atoms with Gasteiger partial charge in [0.15, 0.2) is 5.69 Å². The van der Waals surface area contributed by atoms with Crippen LogP contribution in [0.2, 0.25) is 5.02 Å². The quantitative estimate of drug-likeness (QED) is 0.206. The van der Waals surface area contributed by atoms with Crippen molar-refractivity contribution in [2.24, 2.45) is 0 Å². The molecule has 12 heteroatoms. The highest BCUT2D eigenvalue weighted by Crippen LogP contribution is 2.31. The number of benzene rings is 2. The van der Waals surface area contributed by atoms with Crippen molar-refractivity contribution in [3.05, 3.63) is 64.7 Å². The second kappa shape index (κ2) is 11.6. The molecule has 1 aliphatic rings. The zero-order valence-electron chi connectivity index (χ0n) is 20.9. The Morgan fingerprint density at radius 3 is 2.76 bits per heavy atom. The van der Waals surface area contributed by atoms with E-state index in [9.17, 15) is 9.59 Å². The number of hydrogen-bond acceptors (Lipinski definition) is 7. The smallest absolute Gasteiger partial charge is 0.276 e. The van der Waals surface area contributed by atoms with Crippen LogP contribution in [0.1, 0.15) is 33.0 Å². The van der Waals surface area contributed by atoms with Crippen LogP contribution in [-0.2, 0) is 0 Å². The number of aryl methyl sites for hydroxylation is 1. The molecule has 1 saturated heterocycles. The lowest BCUT2D eigenvalue weighted by atomic mass is 10.2. The molecule has 5 rings (SSSR count). The van der Waals surface area contributed by atoms with Gasteiger partial charge in [0.25, 0.3) is 11.8 Å². The molecule has 0 spiro atoms. The number of halogens is 1. The molecule has 38 heavy (non-hydrogen) atoms. The number of nitrogens with one attached hydrogen (secondary N) is 5. The molecule has 1 aliphatic heterocycles. The Bertz CT molecular complexity index is 1410. The van der Waals surface area contributed by atoms with Crippen LogP contribution in [0, 0.1) is 6.92 Å². The standard InChI is InChI=1S/C26H29ClN8O3/c1-16-13-20(17(27)14-21(16)38-12-4-9-35-10-7-28-8-11-35)31-24(36)22-23(30-15-29-22)25(37)34-26-32-18-5-2-3-6-19(18)33-26/h2-3,5-6,13-15,28H,4,7-12H2,1H3,(H,29,30)(H,31,36)(H2,32,33,34,37). The monoisotopic (exact) mass is 536 g/mol. The van der Waals surface area contributed by atoms with Gasteiger partial charge in [-0.3, -0.25) is 14.9 Å². The minimum atomic E-state index is -0.577. The minimum Gasteiger partial charge on any atom is -0.493 e. The maximum atomic E-state index is 13.0. The molecular weight excluding hydrogens is 508 g/mol. The number of fused-ring (bicyclic) bond motifs is 1. The van der Waals surface area contributed by atoms with Crippen molar-refractivity contribution >= 4 is 46.1 Å². The molecule has 0 unspecified atom stereocenters. The summed E-state index contributed by atoms with van der Waals surface area (Å²) in [6.45, 7) is 7.60. The fourth-order valence-corrected chi connectivity index (χ4v) is 4.52. The van der Waals surface area contributed by atoms with Gasteiger partial charge in [-0.15, -0.1) is 0 Å². The molecule has 0 radical (unpaired) electrons. The number of aromatic nitrogens is 4. The van der Waals surface area contributed by atoms with E-state index in [0.29, 0.717) is 28.6 Å². The number of carbonyl (C=O) groups is 2. The molecule has 2 amide bonds. The Balaban J connectivity index is 1.20. The Morgan fingerprint density at radius 2 is 1.95 bits per heavy atom. The summed E-state index contributed by atoms with van der Waals surface area (Å²) in [5.41, 5.74) is 2.65. The fraction of sp³-hybridized carbons (Fsp3) is 0.308. The predicted octanol–water partition coefficient (Wildman–Crippen LogP) is 3.43. The summed E-state index contributed by atoms with van der Waals surface area (Å²) in [4.78, 5) is 42.4. The van der Waals surface area contributed by atoms with E-state index >= 15 is 0 Å². The average molecular weight is 537 g/mol. The third kappa shape index (κ3) is 5.96. The Morgan fingerprint density at radius 1 is 1.13 bits per heavy atom. The van der Waals surface area contributed by atoms with Gasteiger partial charge >= 0.3 is 0 Å². The number of anilines is 2. The molecule has 2 aromatic carbocycles. The number of imidazole rings is 2. The molecule has 198 valence electrons. The highest BCUT2D eigenvalue weighted by Gasteiger charge is 2.22. The summed E-state index contributed by atoms with van der Waals surface area (Å²) in [6, 6.07) is 10.8. The van der Waals surface area contributed by atoms with Gasteiger partial charge in [0.2, 0.25) is 5.95 Å². The van der Waals surface area contributed by atoms with E-state index in [1.165, 1.54) is 6.33 Å². The van der Waals surface area contributed by atoms with Crippen LogP contribution in [0.25, 0.3) is 11.0 Å². The highest BCUT2D eigenvalue weighted by molar-refractivity contribution is 6.34. The number of amides is 2. The molecule has 1 fully saturated rings. The Hall–Kier alpha value is -3.93.